The van der Waals surface area contributed by atoms with Gasteiger partial charge >= 0.3 is 0 Å². The highest BCUT2D eigenvalue weighted by molar-refractivity contribution is 7.80. The molecule has 0 atom stereocenters. The topological polar surface area (TPSA) is 94.4 Å². The predicted molar refractivity (Wildman–Crippen MR) is 108 cm³/mol. The Morgan fingerprint density at radius 3 is 2.46 bits per heavy atom. The quantitative estimate of drug-likeness (QED) is 0.636. The molecule has 0 saturated heterocycles. The van der Waals surface area contributed by atoms with E-state index in [1.54, 1.807) is 43.3 Å². The third-order valence-electron chi connectivity index (χ3n) is 3.91. The first-order valence-electron chi connectivity index (χ1n) is 8.13. The summed E-state index contributed by atoms with van der Waals surface area (Å²) in [4.78, 5) is 23.3. The summed E-state index contributed by atoms with van der Waals surface area (Å²) in [6.45, 7) is 1.77. The Kier molecular flexibility index (Phi) is 5.77. The Labute approximate surface area is 171 Å². The molecule has 2 N–H and O–H groups in total. The first-order valence-corrected chi connectivity index (χ1v) is 8.92. The SMILES string of the molecule is Cc1ccc(C(=O)[O-])cc1NC(=S)NC(=O)c1ccc(-c2ccc(Cl)cc2)o1. The van der Waals surface area contributed by atoms with Crippen molar-refractivity contribution in [2.45, 2.75) is 6.92 Å². The molecular weight excluding hydrogens is 400 g/mol. The highest BCUT2D eigenvalue weighted by atomic mass is 35.5. The van der Waals surface area contributed by atoms with Crippen LogP contribution in [0.5, 0.6) is 0 Å². The minimum Gasteiger partial charge on any atom is -0.545 e. The average Bonchev–Trinajstić information content (AvgIpc) is 3.14. The largest absolute Gasteiger partial charge is 0.545 e. The van der Waals surface area contributed by atoms with Crippen molar-refractivity contribution in [1.29, 1.82) is 0 Å². The lowest BCUT2D eigenvalue weighted by Gasteiger charge is -2.13. The molecule has 8 heteroatoms. The van der Waals surface area contributed by atoms with Crippen LogP contribution < -0.4 is 15.7 Å². The molecule has 28 heavy (non-hydrogen) atoms. The number of benzene rings is 2. The number of thiocarbonyl (C=S) groups is 1. The van der Waals surface area contributed by atoms with Gasteiger partial charge in [-0.1, -0.05) is 23.7 Å². The van der Waals surface area contributed by atoms with Gasteiger partial charge in [-0.2, -0.15) is 0 Å². The summed E-state index contributed by atoms with van der Waals surface area (Å²) >= 11 is 11.0. The molecule has 2 aromatic carbocycles. The van der Waals surface area contributed by atoms with Crippen molar-refractivity contribution in [3.63, 3.8) is 0 Å². The number of carboxylic acids is 1. The second-order valence-corrected chi connectivity index (χ2v) is 6.74. The van der Waals surface area contributed by atoms with Gasteiger partial charge in [0.1, 0.15) is 5.76 Å². The number of carbonyl (C=O) groups is 2. The van der Waals surface area contributed by atoms with Crippen molar-refractivity contribution in [3.8, 4) is 11.3 Å². The Balaban J connectivity index is 1.68. The molecule has 0 unspecified atom stereocenters. The molecule has 0 radical (unpaired) electrons. The van der Waals surface area contributed by atoms with Crippen molar-refractivity contribution in [2.24, 2.45) is 0 Å². The number of carbonyl (C=O) groups excluding carboxylic acids is 2. The van der Waals surface area contributed by atoms with E-state index >= 15 is 0 Å². The van der Waals surface area contributed by atoms with Gasteiger partial charge in [-0.3, -0.25) is 10.1 Å². The summed E-state index contributed by atoms with van der Waals surface area (Å²) in [5.41, 5.74) is 1.98. The molecular formula is C20H14ClN2O4S-. The van der Waals surface area contributed by atoms with Crippen LogP contribution in [-0.2, 0) is 0 Å². The lowest BCUT2D eigenvalue weighted by atomic mass is 10.1. The maximum Gasteiger partial charge on any atom is 0.293 e. The maximum atomic E-state index is 12.3. The molecule has 1 amide bonds. The van der Waals surface area contributed by atoms with Crippen LogP contribution in [0, 0.1) is 6.92 Å². The van der Waals surface area contributed by atoms with Gasteiger partial charge in [0.05, 0.1) is 5.97 Å². The Hall–Kier alpha value is -3.16. The number of halogens is 1. The van der Waals surface area contributed by atoms with Crippen LogP contribution in [0.25, 0.3) is 11.3 Å². The third kappa shape index (κ3) is 4.57. The fourth-order valence-electron chi connectivity index (χ4n) is 2.43. The number of carboxylic acid groups (broad SMARTS) is 1. The number of hydrogen-bond donors (Lipinski definition) is 2. The highest BCUT2D eigenvalue weighted by Gasteiger charge is 2.14. The van der Waals surface area contributed by atoms with Gasteiger partial charge in [-0.05, 0) is 72.7 Å². The van der Waals surface area contributed by atoms with E-state index in [1.165, 1.54) is 18.2 Å². The maximum absolute atomic E-state index is 12.3. The van der Waals surface area contributed by atoms with Crippen LogP contribution >= 0.6 is 23.8 Å². The fourth-order valence-corrected chi connectivity index (χ4v) is 2.76. The van der Waals surface area contributed by atoms with E-state index in [1.807, 2.05) is 0 Å². The zero-order chi connectivity index (χ0) is 20.3. The van der Waals surface area contributed by atoms with Gasteiger partial charge in [0.25, 0.3) is 5.91 Å². The summed E-state index contributed by atoms with van der Waals surface area (Å²) < 4.78 is 5.57. The van der Waals surface area contributed by atoms with E-state index in [9.17, 15) is 14.7 Å². The number of amides is 1. The smallest absolute Gasteiger partial charge is 0.293 e. The molecule has 142 valence electrons. The molecule has 0 aliphatic carbocycles. The zero-order valence-corrected chi connectivity index (χ0v) is 16.2. The number of rotatable bonds is 4. The van der Waals surface area contributed by atoms with Crippen LogP contribution in [0.2, 0.25) is 5.02 Å². The number of aryl methyl sites for hydroxylation is 1. The van der Waals surface area contributed by atoms with Crippen molar-refractivity contribution < 1.29 is 19.1 Å². The van der Waals surface area contributed by atoms with E-state index in [2.05, 4.69) is 10.6 Å². The number of furan rings is 1. The standard InChI is InChI=1S/C20H15ClN2O4S/c1-11-2-3-13(19(25)26)10-15(11)22-20(28)23-18(24)17-9-8-16(27-17)12-4-6-14(21)7-5-12/h2-10H,1H3,(H,25,26)(H2,22,23,24,28)/p-1. The fraction of sp³-hybridized carbons (Fsp3) is 0.0500. The lowest BCUT2D eigenvalue weighted by Crippen LogP contribution is -2.34. The molecule has 0 saturated carbocycles. The van der Waals surface area contributed by atoms with Crippen molar-refractivity contribution in [1.82, 2.24) is 5.32 Å². The lowest BCUT2D eigenvalue weighted by molar-refractivity contribution is -0.255. The van der Waals surface area contributed by atoms with Crippen LogP contribution in [0.15, 0.2) is 59.0 Å². The van der Waals surface area contributed by atoms with Crippen molar-refractivity contribution in [2.75, 3.05) is 5.32 Å². The van der Waals surface area contributed by atoms with Gasteiger partial charge in [0, 0.05) is 16.3 Å². The monoisotopic (exact) mass is 413 g/mol. The summed E-state index contributed by atoms with van der Waals surface area (Å²) in [6, 6.07) is 14.6. The Bertz CT molecular complexity index is 1060. The zero-order valence-electron chi connectivity index (χ0n) is 14.6. The molecule has 6 nitrogen and oxygen atoms in total. The minimum atomic E-state index is -1.30. The molecule has 0 spiro atoms. The van der Waals surface area contributed by atoms with Gasteiger partial charge < -0.3 is 19.6 Å². The Morgan fingerprint density at radius 1 is 1.07 bits per heavy atom. The molecule has 0 bridgehead atoms. The number of hydrogen-bond acceptors (Lipinski definition) is 5. The second kappa shape index (κ2) is 8.24. The molecule has 0 aliphatic rings. The Morgan fingerprint density at radius 2 is 1.79 bits per heavy atom. The van der Waals surface area contributed by atoms with Crippen LogP contribution in [0.3, 0.4) is 0 Å². The predicted octanol–water partition coefficient (Wildman–Crippen LogP) is 3.40. The van der Waals surface area contributed by atoms with Gasteiger partial charge in [0.15, 0.2) is 10.9 Å². The van der Waals surface area contributed by atoms with E-state index in [0.717, 1.165) is 11.1 Å². The molecule has 1 aromatic heterocycles. The van der Waals surface area contributed by atoms with E-state index in [-0.39, 0.29) is 16.4 Å². The van der Waals surface area contributed by atoms with Crippen LogP contribution in [-0.4, -0.2) is 17.0 Å². The summed E-state index contributed by atoms with van der Waals surface area (Å²) in [5.74, 6) is -1.25. The van der Waals surface area contributed by atoms with Crippen molar-refractivity contribution >= 4 is 46.5 Å². The summed E-state index contributed by atoms with van der Waals surface area (Å²) in [5, 5.41) is 16.9. The van der Waals surface area contributed by atoms with Crippen LogP contribution in [0.4, 0.5) is 5.69 Å². The molecule has 3 rings (SSSR count). The normalized spacial score (nSPS) is 10.4. The van der Waals surface area contributed by atoms with E-state index in [4.69, 9.17) is 28.2 Å². The first kappa shape index (κ1) is 19.6. The average molecular weight is 414 g/mol. The number of aromatic carboxylic acids is 1. The van der Waals surface area contributed by atoms with Gasteiger partial charge in [0.2, 0.25) is 0 Å². The molecule has 0 aliphatic heterocycles. The second-order valence-electron chi connectivity index (χ2n) is 5.90. The molecule has 1 heterocycles. The van der Waals surface area contributed by atoms with E-state index in [0.29, 0.717) is 16.5 Å². The van der Waals surface area contributed by atoms with Gasteiger partial charge in [-0.25, -0.2) is 0 Å². The van der Waals surface area contributed by atoms with E-state index < -0.39 is 11.9 Å². The highest BCUT2D eigenvalue weighted by Crippen LogP contribution is 2.24. The minimum absolute atomic E-state index is 0.000803. The van der Waals surface area contributed by atoms with Crippen LogP contribution in [0.1, 0.15) is 26.5 Å². The molecule has 0 fully saturated rings. The molecule has 3 aromatic rings. The third-order valence-corrected chi connectivity index (χ3v) is 4.36. The number of nitrogens with one attached hydrogen (secondary N) is 2. The summed E-state index contributed by atoms with van der Waals surface area (Å²) in [6.07, 6.45) is 0. The number of anilines is 1. The first-order chi connectivity index (χ1) is 13.3. The van der Waals surface area contributed by atoms with Gasteiger partial charge in [-0.15, -0.1) is 0 Å². The summed E-state index contributed by atoms with van der Waals surface area (Å²) in [7, 11) is 0. The van der Waals surface area contributed by atoms with Crippen molar-refractivity contribution in [3.05, 3.63) is 76.5 Å².